The number of aryl methyl sites for hydroxylation is 2. The number of morpholine rings is 1. The van der Waals surface area contributed by atoms with Gasteiger partial charge in [-0.1, -0.05) is 17.7 Å². The Morgan fingerprint density at radius 3 is 2.72 bits per heavy atom. The summed E-state index contributed by atoms with van der Waals surface area (Å²) in [5.41, 5.74) is 6.81. The van der Waals surface area contributed by atoms with Crippen LogP contribution in [0.25, 0.3) is 0 Å². The number of carbonyl (C=O) groups is 2. The molecule has 1 heterocycles. The topological polar surface area (TPSA) is 119 Å². The second kappa shape index (κ2) is 7.94. The van der Waals surface area contributed by atoms with Crippen molar-refractivity contribution in [3.63, 3.8) is 0 Å². The Bertz CT molecular complexity index is 763. The number of hydrogen-bond donors (Lipinski definition) is 2. The quantitative estimate of drug-likeness (QED) is 0.713. The molecule has 1 aromatic carbocycles. The number of hydrogen-bond acceptors (Lipinski definition) is 5. The summed E-state index contributed by atoms with van der Waals surface area (Å²) in [6, 6.07) is 5.07. The third-order valence-electron chi connectivity index (χ3n) is 3.99. The highest BCUT2D eigenvalue weighted by Gasteiger charge is 2.27. The van der Waals surface area contributed by atoms with Crippen molar-refractivity contribution in [2.75, 3.05) is 26.2 Å². The van der Waals surface area contributed by atoms with E-state index < -0.39 is 22.0 Å². The van der Waals surface area contributed by atoms with Crippen molar-refractivity contribution in [2.24, 2.45) is 5.73 Å². The van der Waals surface area contributed by atoms with Crippen LogP contribution in [0.1, 0.15) is 17.5 Å². The first-order valence-corrected chi connectivity index (χ1v) is 9.44. The molecule has 1 fully saturated rings. The van der Waals surface area contributed by atoms with Gasteiger partial charge < -0.3 is 15.4 Å². The number of nitrogens with zero attached hydrogens (tertiary/aromatic N) is 1. The van der Waals surface area contributed by atoms with Gasteiger partial charge in [-0.15, -0.1) is 0 Å². The molecule has 0 bridgehead atoms. The summed E-state index contributed by atoms with van der Waals surface area (Å²) < 4.78 is 32.3. The number of ether oxygens (including phenoxy) is 1. The van der Waals surface area contributed by atoms with Crippen molar-refractivity contribution in [3.8, 4) is 0 Å². The normalized spacial score (nSPS) is 18.2. The van der Waals surface area contributed by atoms with Crippen LogP contribution in [0.15, 0.2) is 23.1 Å². The molecule has 1 aromatic rings. The molecule has 3 N–H and O–H groups in total. The second-order valence-corrected chi connectivity index (χ2v) is 7.75. The molecule has 25 heavy (non-hydrogen) atoms. The standard InChI is InChI=1S/C16H23N3O5S/c1-11-3-4-14(12(2)9-11)25(22,23)18-6-5-15(20)19-7-8-24-13(10-19)16(17)21/h3-4,9,13,18H,5-8,10H2,1-2H3,(H2,17,21). The van der Waals surface area contributed by atoms with Crippen LogP contribution < -0.4 is 10.5 Å². The van der Waals surface area contributed by atoms with E-state index >= 15 is 0 Å². The zero-order valence-electron chi connectivity index (χ0n) is 14.3. The molecule has 0 saturated carbocycles. The molecule has 0 spiro atoms. The Labute approximate surface area is 147 Å². The minimum Gasteiger partial charge on any atom is -0.367 e. The van der Waals surface area contributed by atoms with Gasteiger partial charge in [0.15, 0.2) is 6.10 Å². The van der Waals surface area contributed by atoms with Crippen LogP contribution in [0.4, 0.5) is 0 Å². The van der Waals surface area contributed by atoms with Crippen LogP contribution in [-0.4, -0.2) is 57.5 Å². The monoisotopic (exact) mass is 369 g/mol. The first-order valence-electron chi connectivity index (χ1n) is 7.96. The van der Waals surface area contributed by atoms with E-state index in [4.69, 9.17) is 10.5 Å². The first-order chi connectivity index (χ1) is 11.7. The lowest BCUT2D eigenvalue weighted by Crippen LogP contribution is -2.50. The molecule has 138 valence electrons. The maximum atomic E-state index is 12.3. The molecule has 1 saturated heterocycles. The number of nitrogens with two attached hydrogens (primary N) is 1. The van der Waals surface area contributed by atoms with Crippen LogP contribution in [0.3, 0.4) is 0 Å². The molecule has 1 atom stereocenters. The third kappa shape index (κ3) is 5.00. The highest BCUT2D eigenvalue weighted by Crippen LogP contribution is 2.16. The molecule has 0 aliphatic carbocycles. The average Bonchev–Trinajstić information content (AvgIpc) is 2.54. The van der Waals surface area contributed by atoms with E-state index in [0.717, 1.165) is 5.56 Å². The van der Waals surface area contributed by atoms with E-state index in [1.165, 1.54) is 4.90 Å². The minimum absolute atomic E-state index is 0.00434. The lowest BCUT2D eigenvalue weighted by atomic mass is 10.2. The zero-order chi connectivity index (χ0) is 18.6. The number of amides is 2. The lowest BCUT2D eigenvalue weighted by Gasteiger charge is -2.31. The SMILES string of the molecule is Cc1ccc(S(=O)(=O)NCCC(=O)N2CCOC(C(N)=O)C2)c(C)c1. The van der Waals surface area contributed by atoms with Gasteiger partial charge in [0, 0.05) is 19.5 Å². The summed E-state index contributed by atoms with van der Waals surface area (Å²) in [4.78, 5) is 25.0. The van der Waals surface area contributed by atoms with Crippen molar-refractivity contribution in [2.45, 2.75) is 31.3 Å². The molecule has 0 aromatic heterocycles. The number of benzene rings is 1. The van der Waals surface area contributed by atoms with Crippen LogP contribution >= 0.6 is 0 Å². The van der Waals surface area contributed by atoms with E-state index in [1.807, 2.05) is 6.92 Å². The number of primary amides is 1. The summed E-state index contributed by atoms with van der Waals surface area (Å²) in [6.07, 6.45) is -0.820. The Morgan fingerprint density at radius 2 is 2.08 bits per heavy atom. The average molecular weight is 369 g/mol. The summed E-state index contributed by atoms with van der Waals surface area (Å²) in [5, 5.41) is 0. The van der Waals surface area contributed by atoms with Gasteiger partial charge in [0.05, 0.1) is 18.0 Å². The molecule has 2 rings (SSSR count). The second-order valence-electron chi connectivity index (χ2n) is 6.02. The first kappa shape index (κ1) is 19.4. The fourth-order valence-corrected chi connectivity index (χ4v) is 3.93. The minimum atomic E-state index is -3.68. The van der Waals surface area contributed by atoms with Gasteiger partial charge in [-0.3, -0.25) is 9.59 Å². The van der Waals surface area contributed by atoms with Gasteiger partial charge >= 0.3 is 0 Å². The van der Waals surface area contributed by atoms with Gasteiger partial charge in [0.1, 0.15) is 0 Å². The van der Waals surface area contributed by atoms with Gasteiger partial charge in [-0.25, -0.2) is 13.1 Å². The number of sulfonamides is 1. The molecule has 1 unspecified atom stereocenters. The van der Waals surface area contributed by atoms with Crippen molar-refractivity contribution in [1.82, 2.24) is 9.62 Å². The maximum Gasteiger partial charge on any atom is 0.248 e. The molecule has 0 radical (unpaired) electrons. The Hall–Kier alpha value is -1.97. The summed E-state index contributed by atoms with van der Waals surface area (Å²) in [5.74, 6) is -0.870. The molecular formula is C16H23N3O5S. The predicted octanol–water partition coefficient (Wildman–Crippen LogP) is -0.315. The largest absolute Gasteiger partial charge is 0.367 e. The van der Waals surface area contributed by atoms with Gasteiger partial charge in [0.2, 0.25) is 21.8 Å². The van der Waals surface area contributed by atoms with Gasteiger partial charge in [0.25, 0.3) is 0 Å². The fourth-order valence-electron chi connectivity index (χ4n) is 2.68. The van der Waals surface area contributed by atoms with E-state index in [1.54, 1.807) is 25.1 Å². The highest BCUT2D eigenvalue weighted by molar-refractivity contribution is 7.89. The van der Waals surface area contributed by atoms with Crippen molar-refractivity contribution >= 4 is 21.8 Å². The van der Waals surface area contributed by atoms with Crippen LogP contribution in [0.2, 0.25) is 0 Å². The van der Waals surface area contributed by atoms with E-state index in [0.29, 0.717) is 12.1 Å². The van der Waals surface area contributed by atoms with E-state index in [-0.39, 0.29) is 36.9 Å². The molecular weight excluding hydrogens is 346 g/mol. The zero-order valence-corrected chi connectivity index (χ0v) is 15.1. The molecule has 1 aliphatic rings. The summed E-state index contributed by atoms with van der Waals surface area (Å²) >= 11 is 0. The molecule has 9 heteroatoms. The highest BCUT2D eigenvalue weighted by atomic mass is 32.2. The van der Waals surface area contributed by atoms with Crippen LogP contribution in [0, 0.1) is 13.8 Å². The Balaban J connectivity index is 1.91. The molecule has 1 aliphatic heterocycles. The van der Waals surface area contributed by atoms with Gasteiger partial charge in [-0.2, -0.15) is 0 Å². The lowest BCUT2D eigenvalue weighted by molar-refractivity contribution is -0.145. The summed E-state index contributed by atoms with van der Waals surface area (Å²) in [7, 11) is -3.68. The smallest absolute Gasteiger partial charge is 0.248 e. The Morgan fingerprint density at radius 1 is 1.36 bits per heavy atom. The third-order valence-corrected chi connectivity index (χ3v) is 5.61. The molecule has 8 nitrogen and oxygen atoms in total. The van der Waals surface area contributed by atoms with Crippen LogP contribution in [0.5, 0.6) is 0 Å². The van der Waals surface area contributed by atoms with Crippen molar-refractivity contribution < 1.29 is 22.7 Å². The molecule has 2 amide bonds. The van der Waals surface area contributed by atoms with Crippen molar-refractivity contribution in [3.05, 3.63) is 29.3 Å². The number of rotatable bonds is 6. The van der Waals surface area contributed by atoms with Crippen molar-refractivity contribution in [1.29, 1.82) is 0 Å². The number of carbonyl (C=O) groups excluding carboxylic acids is 2. The van der Waals surface area contributed by atoms with Crippen LogP contribution in [-0.2, 0) is 24.3 Å². The predicted molar refractivity (Wildman–Crippen MR) is 91.2 cm³/mol. The number of nitrogens with one attached hydrogen (secondary N) is 1. The maximum absolute atomic E-state index is 12.3. The Kier molecular flexibility index (Phi) is 6.15. The van der Waals surface area contributed by atoms with E-state index in [2.05, 4.69) is 4.72 Å². The summed E-state index contributed by atoms with van der Waals surface area (Å²) in [6.45, 7) is 4.27. The van der Waals surface area contributed by atoms with E-state index in [9.17, 15) is 18.0 Å². The van der Waals surface area contributed by atoms with Gasteiger partial charge in [-0.05, 0) is 25.5 Å². The fraction of sp³-hybridized carbons (Fsp3) is 0.500.